The van der Waals surface area contributed by atoms with Gasteiger partial charge in [0.05, 0.1) is 17.3 Å². The number of aromatic nitrogens is 1. The van der Waals surface area contributed by atoms with Gasteiger partial charge in [0.15, 0.2) is 0 Å². The summed E-state index contributed by atoms with van der Waals surface area (Å²) in [5, 5.41) is 6.56. The number of ether oxygens (including phenoxy) is 1. The number of piperidine rings is 1. The summed E-state index contributed by atoms with van der Waals surface area (Å²) in [5.74, 6) is 0.531. The summed E-state index contributed by atoms with van der Waals surface area (Å²) < 4.78 is 5.59. The van der Waals surface area contributed by atoms with Crippen LogP contribution in [-0.4, -0.2) is 54.7 Å². The Kier molecular flexibility index (Phi) is 8.79. The molecule has 132 valence electrons. The minimum atomic E-state index is -0.306. The van der Waals surface area contributed by atoms with Crippen molar-refractivity contribution in [1.29, 1.82) is 0 Å². The van der Waals surface area contributed by atoms with E-state index in [0.29, 0.717) is 19.1 Å². The van der Waals surface area contributed by atoms with Crippen LogP contribution in [0.5, 0.6) is 0 Å². The zero-order valence-electron chi connectivity index (χ0n) is 13.3. The van der Waals surface area contributed by atoms with Crippen LogP contribution in [0.15, 0.2) is 5.38 Å². The molecule has 2 atom stereocenters. The molecule has 1 N–H and O–H groups in total. The highest BCUT2D eigenvalue weighted by molar-refractivity contribution is 7.09. The molecule has 2 aliphatic rings. The molecule has 2 saturated heterocycles. The van der Waals surface area contributed by atoms with Gasteiger partial charge < -0.3 is 15.0 Å². The quantitative estimate of drug-likeness (QED) is 0.871. The smallest absolute Gasteiger partial charge is 0.253 e. The molecule has 1 amide bonds. The Morgan fingerprint density at radius 3 is 3.00 bits per heavy atom. The summed E-state index contributed by atoms with van der Waals surface area (Å²) in [5.41, 5.74) is 1.17. The van der Waals surface area contributed by atoms with Gasteiger partial charge in [0.1, 0.15) is 6.10 Å². The largest absolute Gasteiger partial charge is 0.366 e. The van der Waals surface area contributed by atoms with Crippen molar-refractivity contribution in [3.63, 3.8) is 0 Å². The average molecular weight is 382 g/mol. The zero-order chi connectivity index (χ0) is 14.7. The van der Waals surface area contributed by atoms with E-state index in [1.165, 1.54) is 10.7 Å². The molecule has 0 bridgehead atoms. The van der Waals surface area contributed by atoms with Crippen LogP contribution in [0.4, 0.5) is 0 Å². The van der Waals surface area contributed by atoms with Crippen LogP contribution < -0.4 is 5.32 Å². The van der Waals surface area contributed by atoms with Crippen molar-refractivity contribution in [2.45, 2.75) is 38.2 Å². The number of morpholine rings is 1. The van der Waals surface area contributed by atoms with E-state index in [1.807, 2.05) is 4.90 Å². The lowest BCUT2D eigenvalue weighted by Crippen LogP contribution is -2.51. The van der Waals surface area contributed by atoms with Crippen LogP contribution in [0.2, 0.25) is 0 Å². The maximum Gasteiger partial charge on any atom is 0.253 e. The number of aryl methyl sites for hydroxylation is 1. The number of rotatable bonds is 3. The lowest BCUT2D eigenvalue weighted by Gasteiger charge is -2.35. The Labute approximate surface area is 154 Å². The van der Waals surface area contributed by atoms with E-state index in [9.17, 15) is 4.79 Å². The molecule has 0 aromatic carbocycles. The lowest BCUT2D eigenvalue weighted by atomic mass is 9.98. The first kappa shape index (κ1) is 20.6. The number of hydrogen-bond donors (Lipinski definition) is 1. The second-order valence-corrected chi connectivity index (χ2v) is 6.61. The number of amides is 1. The van der Waals surface area contributed by atoms with E-state index in [2.05, 4.69) is 17.6 Å². The van der Waals surface area contributed by atoms with Crippen molar-refractivity contribution in [2.75, 3.05) is 32.8 Å². The van der Waals surface area contributed by atoms with E-state index in [1.54, 1.807) is 11.3 Å². The molecular weight excluding hydrogens is 357 g/mol. The van der Waals surface area contributed by atoms with E-state index in [4.69, 9.17) is 9.72 Å². The number of nitrogens with one attached hydrogen (secondary N) is 1. The Morgan fingerprint density at radius 2 is 2.35 bits per heavy atom. The topological polar surface area (TPSA) is 54.5 Å². The van der Waals surface area contributed by atoms with E-state index >= 15 is 0 Å². The van der Waals surface area contributed by atoms with Crippen LogP contribution in [-0.2, 0) is 16.0 Å². The van der Waals surface area contributed by atoms with Crippen LogP contribution in [0.25, 0.3) is 0 Å². The molecule has 8 heteroatoms. The number of carbonyl (C=O) groups is 1. The summed E-state index contributed by atoms with van der Waals surface area (Å²) in [6.45, 7) is 5.86. The van der Waals surface area contributed by atoms with Crippen molar-refractivity contribution < 1.29 is 9.53 Å². The van der Waals surface area contributed by atoms with Gasteiger partial charge in [-0.3, -0.25) is 4.79 Å². The molecule has 1 aromatic heterocycles. The Morgan fingerprint density at radius 1 is 1.52 bits per heavy atom. The standard InChI is InChI=1S/C15H23N3O2S.2ClH/c1-2-12-10-21-14(17-12)11-4-3-6-18(9-11)15(19)13-8-16-5-7-20-13;;/h10-11,13,16H,2-9H2,1H3;2*1H. The van der Waals surface area contributed by atoms with Gasteiger partial charge in [-0.25, -0.2) is 4.98 Å². The second kappa shape index (κ2) is 9.79. The number of carbonyl (C=O) groups excluding carboxylic acids is 1. The molecule has 23 heavy (non-hydrogen) atoms. The molecule has 2 unspecified atom stereocenters. The Hall–Kier alpha value is -0.400. The van der Waals surface area contributed by atoms with Gasteiger partial charge in [0.25, 0.3) is 5.91 Å². The number of halogens is 2. The fourth-order valence-corrected chi connectivity index (χ4v) is 4.01. The first-order valence-corrected chi connectivity index (χ1v) is 8.71. The predicted octanol–water partition coefficient (Wildman–Crippen LogP) is 2.24. The first-order chi connectivity index (χ1) is 10.3. The van der Waals surface area contributed by atoms with Crippen LogP contribution in [0.3, 0.4) is 0 Å². The molecule has 1 aromatic rings. The highest BCUT2D eigenvalue weighted by Gasteiger charge is 2.31. The molecule has 0 spiro atoms. The van der Waals surface area contributed by atoms with Gasteiger partial charge in [0.2, 0.25) is 0 Å². The van der Waals surface area contributed by atoms with Crippen molar-refractivity contribution in [3.05, 3.63) is 16.1 Å². The first-order valence-electron chi connectivity index (χ1n) is 7.83. The maximum absolute atomic E-state index is 12.5. The number of likely N-dealkylation sites (tertiary alicyclic amines) is 1. The van der Waals surface area contributed by atoms with Crippen LogP contribution >= 0.6 is 36.2 Å². The van der Waals surface area contributed by atoms with E-state index < -0.39 is 0 Å². The van der Waals surface area contributed by atoms with Crippen LogP contribution in [0.1, 0.15) is 36.4 Å². The Balaban J connectivity index is 0.00000132. The van der Waals surface area contributed by atoms with E-state index in [-0.39, 0.29) is 36.8 Å². The van der Waals surface area contributed by atoms with Crippen LogP contribution in [0, 0.1) is 0 Å². The number of hydrogen-bond acceptors (Lipinski definition) is 5. The molecule has 2 aliphatic heterocycles. The number of nitrogens with zero attached hydrogens (tertiary/aromatic N) is 2. The molecule has 0 saturated carbocycles. The fourth-order valence-electron chi connectivity index (χ4n) is 2.98. The average Bonchev–Trinajstić information content (AvgIpc) is 3.04. The van der Waals surface area contributed by atoms with Crippen molar-refractivity contribution in [1.82, 2.24) is 15.2 Å². The van der Waals surface area contributed by atoms with E-state index in [0.717, 1.165) is 38.9 Å². The summed E-state index contributed by atoms with van der Waals surface area (Å²) in [6, 6.07) is 0. The molecule has 0 radical (unpaired) electrons. The minimum absolute atomic E-state index is 0. The third-order valence-corrected chi connectivity index (χ3v) is 5.27. The molecular formula is C15H25Cl2N3O2S. The van der Waals surface area contributed by atoms with Gasteiger partial charge in [0, 0.05) is 37.5 Å². The van der Waals surface area contributed by atoms with Gasteiger partial charge >= 0.3 is 0 Å². The monoisotopic (exact) mass is 381 g/mol. The molecule has 5 nitrogen and oxygen atoms in total. The van der Waals surface area contributed by atoms with Crippen molar-refractivity contribution in [3.8, 4) is 0 Å². The summed E-state index contributed by atoms with van der Waals surface area (Å²) in [7, 11) is 0. The molecule has 0 aliphatic carbocycles. The molecule has 3 heterocycles. The van der Waals surface area contributed by atoms with Gasteiger partial charge in [-0.1, -0.05) is 6.92 Å². The number of thiazole rings is 1. The molecule has 3 rings (SSSR count). The molecule has 2 fully saturated rings. The van der Waals surface area contributed by atoms with Gasteiger partial charge in [-0.15, -0.1) is 36.2 Å². The Bertz CT molecular complexity index is 495. The van der Waals surface area contributed by atoms with Crippen molar-refractivity contribution in [2.24, 2.45) is 0 Å². The summed E-state index contributed by atoms with van der Waals surface area (Å²) >= 11 is 1.74. The normalized spacial score (nSPS) is 24.5. The third-order valence-electron chi connectivity index (χ3n) is 4.22. The van der Waals surface area contributed by atoms with Gasteiger partial charge in [-0.05, 0) is 19.3 Å². The summed E-state index contributed by atoms with van der Waals surface area (Å²) in [4.78, 5) is 19.2. The maximum atomic E-state index is 12.5. The lowest BCUT2D eigenvalue weighted by molar-refractivity contribution is -0.146. The second-order valence-electron chi connectivity index (χ2n) is 5.72. The minimum Gasteiger partial charge on any atom is -0.366 e. The SMILES string of the molecule is CCc1csc(C2CCCN(C(=O)C3CNCCO3)C2)n1.Cl.Cl. The highest BCUT2D eigenvalue weighted by atomic mass is 35.5. The highest BCUT2D eigenvalue weighted by Crippen LogP contribution is 2.29. The fraction of sp³-hybridized carbons (Fsp3) is 0.733. The summed E-state index contributed by atoms with van der Waals surface area (Å²) in [6.07, 6.45) is 2.86. The van der Waals surface area contributed by atoms with Crippen molar-refractivity contribution >= 4 is 42.1 Å². The predicted molar refractivity (Wildman–Crippen MR) is 97.2 cm³/mol. The third kappa shape index (κ3) is 5.03. The van der Waals surface area contributed by atoms with Gasteiger partial charge in [-0.2, -0.15) is 0 Å². The zero-order valence-corrected chi connectivity index (χ0v) is 15.8.